The molecule has 2 unspecified atom stereocenters. The predicted octanol–water partition coefficient (Wildman–Crippen LogP) is 4.21. The zero-order valence-electron chi connectivity index (χ0n) is 18.3. The third kappa shape index (κ3) is 7.59. The van der Waals surface area contributed by atoms with Gasteiger partial charge in [0.25, 0.3) is 5.69 Å². The Morgan fingerprint density at radius 3 is 1.94 bits per heavy atom. The van der Waals surface area contributed by atoms with Crippen LogP contribution in [0.3, 0.4) is 0 Å². The Bertz CT molecular complexity index is 1130. The fourth-order valence-corrected chi connectivity index (χ4v) is 3.46. The summed E-state index contributed by atoms with van der Waals surface area (Å²) in [6, 6.07) is 23.4. The van der Waals surface area contributed by atoms with Crippen LogP contribution >= 0.6 is 0 Å². The number of nitro groups is 1. The molecule has 0 spiro atoms. The van der Waals surface area contributed by atoms with Crippen LogP contribution in [0.15, 0.2) is 91.0 Å². The SMILES string of the molecule is O=C(O)NC(Cc1ccccc1)C(=O)NC(/C=C/c1ccc([N+](=O)[O-])cc1)Cc1ccccc1. The minimum absolute atomic E-state index is 0.00483. The van der Waals surface area contributed by atoms with Crippen molar-refractivity contribution in [3.8, 4) is 0 Å². The maximum atomic E-state index is 13.1. The summed E-state index contributed by atoms with van der Waals surface area (Å²) < 4.78 is 0. The summed E-state index contributed by atoms with van der Waals surface area (Å²) in [6.07, 6.45) is 2.99. The number of carbonyl (C=O) groups is 2. The van der Waals surface area contributed by atoms with Gasteiger partial charge in [0.2, 0.25) is 5.91 Å². The Labute approximate surface area is 197 Å². The molecule has 8 heteroatoms. The van der Waals surface area contributed by atoms with E-state index < -0.39 is 29.0 Å². The van der Waals surface area contributed by atoms with Gasteiger partial charge in [0.15, 0.2) is 0 Å². The Morgan fingerprint density at radius 2 is 1.41 bits per heavy atom. The van der Waals surface area contributed by atoms with Gasteiger partial charge in [0, 0.05) is 18.6 Å². The molecule has 2 amide bonds. The Balaban J connectivity index is 1.78. The molecule has 0 saturated carbocycles. The van der Waals surface area contributed by atoms with Crippen molar-refractivity contribution in [1.29, 1.82) is 0 Å². The van der Waals surface area contributed by atoms with Gasteiger partial charge in [-0.3, -0.25) is 14.9 Å². The van der Waals surface area contributed by atoms with Gasteiger partial charge in [-0.25, -0.2) is 4.79 Å². The highest BCUT2D eigenvalue weighted by Crippen LogP contribution is 2.14. The number of nitrogens with one attached hydrogen (secondary N) is 2. The highest BCUT2D eigenvalue weighted by Gasteiger charge is 2.23. The predicted molar refractivity (Wildman–Crippen MR) is 129 cm³/mol. The number of carboxylic acid groups (broad SMARTS) is 1. The van der Waals surface area contributed by atoms with Gasteiger partial charge in [-0.2, -0.15) is 0 Å². The van der Waals surface area contributed by atoms with E-state index >= 15 is 0 Å². The van der Waals surface area contributed by atoms with Gasteiger partial charge in [-0.1, -0.05) is 72.8 Å². The zero-order valence-corrected chi connectivity index (χ0v) is 18.3. The Morgan fingerprint density at radius 1 is 0.853 bits per heavy atom. The second-order valence-electron chi connectivity index (χ2n) is 7.70. The van der Waals surface area contributed by atoms with Crippen LogP contribution in [0.1, 0.15) is 16.7 Å². The summed E-state index contributed by atoms with van der Waals surface area (Å²) in [5.41, 5.74) is 2.56. The molecule has 0 aliphatic heterocycles. The molecule has 2 atom stereocenters. The van der Waals surface area contributed by atoms with E-state index in [0.717, 1.165) is 16.7 Å². The van der Waals surface area contributed by atoms with Gasteiger partial charge in [0.1, 0.15) is 6.04 Å². The number of hydrogen-bond donors (Lipinski definition) is 3. The first-order chi connectivity index (χ1) is 16.4. The van der Waals surface area contributed by atoms with Gasteiger partial charge in [0.05, 0.1) is 11.0 Å². The van der Waals surface area contributed by atoms with Crippen LogP contribution in [-0.4, -0.2) is 34.1 Å². The minimum Gasteiger partial charge on any atom is -0.465 e. The van der Waals surface area contributed by atoms with Crippen molar-refractivity contribution < 1.29 is 19.6 Å². The molecule has 8 nitrogen and oxygen atoms in total. The van der Waals surface area contributed by atoms with Gasteiger partial charge in [-0.15, -0.1) is 0 Å². The molecule has 0 aromatic heterocycles. The summed E-state index contributed by atoms with van der Waals surface area (Å²) in [7, 11) is 0. The Hall–Kier alpha value is -4.46. The minimum atomic E-state index is -1.28. The summed E-state index contributed by atoms with van der Waals surface area (Å²) >= 11 is 0. The lowest BCUT2D eigenvalue weighted by atomic mass is 10.0. The molecule has 0 aliphatic rings. The van der Waals surface area contributed by atoms with Crippen LogP contribution in [0.2, 0.25) is 0 Å². The van der Waals surface area contributed by atoms with Crippen molar-refractivity contribution in [2.75, 3.05) is 0 Å². The van der Waals surface area contributed by atoms with Gasteiger partial charge in [-0.05, 0) is 35.2 Å². The van der Waals surface area contributed by atoms with Crippen LogP contribution in [0.5, 0.6) is 0 Å². The van der Waals surface area contributed by atoms with Crippen LogP contribution in [-0.2, 0) is 17.6 Å². The van der Waals surface area contributed by atoms with Crippen molar-refractivity contribution >= 4 is 23.8 Å². The normalized spacial score (nSPS) is 12.6. The van der Waals surface area contributed by atoms with Crippen molar-refractivity contribution in [2.45, 2.75) is 24.9 Å². The molecule has 0 aliphatic carbocycles. The largest absolute Gasteiger partial charge is 0.465 e. The van der Waals surface area contributed by atoms with Crippen molar-refractivity contribution in [2.24, 2.45) is 0 Å². The van der Waals surface area contributed by atoms with Crippen LogP contribution in [0.25, 0.3) is 6.08 Å². The first-order valence-electron chi connectivity index (χ1n) is 10.7. The molecular weight excluding hydrogens is 434 g/mol. The van der Waals surface area contributed by atoms with E-state index in [1.165, 1.54) is 12.1 Å². The van der Waals surface area contributed by atoms with E-state index in [2.05, 4.69) is 10.6 Å². The van der Waals surface area contributed by atoms with Gasteiger partial charge >= 0.3 is 6.09 Å². The molecule has 0 bridgehead atoms. The number of nitrogens with zero attached hydrogens (tertiary/aromatic N) is 1. The third-order valence-electron chi connectivity index (χ3n) is 5.15. The van der Waals surface area contributed by atoms with Crippen LogP contribution < -0.4 is 10.6 Å². The van der Waals surface area contributed by atoms with E-state index in [1.54, 1.807) is 24.3 Å². The van der Waals surface area contributed by atoms with E-state index in [4.69, 9.17) is 0 Å². The zero-order chi connectivity index (χ0) is 24.3. The second kappa shape index (κ2) is 12.0. The lowest BCUT2D eigenvalue weighted by Crippen LogP contribution is -2.50. The molecule has 3 aromatic rings. The molecule has 174 valence electrons. The summed E-state index contributed by atoms with van der Waals surface area (Å²) in [5, 5.41) is 25.3. The van der Waals surface area contributed by atoms with Crippen molar-refractivity contribution in [3.05, 3.63) is 118 Å². The van der Waals surface area contributed by atoms with Crippen molar-refractivity contribution in [3.63, 3.8) is 0 Å². The number of non-ortho nitro benzene ring substituents is 1. The second-order valence-corrected chi connectivity index (χ2v) is 7.70. The maximum Gasteiger partial charge on any atom is 0.405 e. The molecule has 3 rings (SSSR count). The molecule has 3 aromatic carbocycles. The first-order valence-corrected chi connectivity index (χ1v) is 10.7. The molecule has 0 saturated heterocycles. The highest BCUT2D eigenvalue weighted by molar-refractivity contribution is 5.86. The number of nitro benzene ring substituents is 1. The average molecular weight is 460 g/mol. The number of rotatable bonds is 10. The van der Waals surface area contributed by atoms with E-state index in [0.29, 0.717) is 6.42 Å². The number of carbonyl (C=O) groups excluding carboxylic acids is 1. The number of benzene rings is 3. The number of hydrogen-bond acceptors (Lipinski definition) is 4. The maximum absolute atomic E-state index is 13.1. The number of amides is 2. The van der Waals surface area contributed by atoms with Crippen molar-refractivity contribution in [1.82, 2.24) is 10.6 Å². The quantitative estimate of drug-likeness (QED) is 0.310. The summed E-state index contributed by atoms with van der Waals surface area (Å²) in [6.45, 7) is 0. The third-order valence-corrected chi connectivity index (χ3v) is 5.15. The topological polar surface area (TPSA) is 122 Å². The van der Waals surface area contributed by atoms with Crippen LogP contribution in [0.4, 0.5) is 10.5 Å². The van der Waals surface area contributed by atoms with Gasteiger partial charge < -0.3 is 15.7 Å². The lowest BCUT2D eigenvalue weighted by molar-refractivity contribution is -0.384. The van der Waals surface area contributed by atoms with Crippen LogP contribution in [0, 0.1) is 10.1 Å². The Kier molecular flexibility index (Phi) is 8.51. The molecule has 0 fully saturated rings. The summed E-state index contributed by atoms with van der Waals surface area (Å²) in [4.78, 5) is 34.8. The fraction of sp³-hybridized carbons (Fsp3) is 0.154. The molecule has 0 heterocycles. The summed E-state index contributed by atoms with van der Waals surface area (Å²) in [5.74, 6) is -0.444. The molecular formula is C26H25N3O5. The first kappa shape index (κ1) is 24.2. The molecule has 0 radical (unpaired) electrons. The highest BCUT2D eigenvalue weighted by atomic mass is 16.6. The lowest BCUT2D eigenvalue weighted by Gasteiger charge is -2.21. The monoisotopic (exact) mass is 459 g/mol. The van der Waals surface area contributed by atoms with E-state index in [9.17, 15) is 24.8 Å². The van der Waals surface area contributed by atoms with E-state index in [1.807, 2.05) is 60.7 Å². The standard InChI is InChI=1S/C26H25N3O5/c30-25(24(28-26(31)32)18-21-9-5-2-6-10-21)27-22(17-20-7-3-1-4-8-20)14-11-19-12-15-23(16-13-19)29(33)34/h1-16,22,24,28H,17-18H2,(H,27,30)(H,31,32)/b14-11+. The molecule has 34 heavy (non-hydrogen) atoms. The smallest absolute Gasteiger partial charge is 0.405 e. The molecule has 3 N–H and O–H groups in total. The fourth-order valence-electron chi connectivity index (χ4n) is 3.46. The average Bonchev–Trinajstić information content (AvgIpc) is 2.83. The van der Waals surface area contributed by atoms with E-state index in [-0.39, 0.29) is 12.1 Å².